The average Bonchev–Trinajstić information content (AvgIpc) is 2.68. The molecule has 26 heavy (non-hydrogen) atoms. The largest absolute Gasteiger partial charge is 0.473 e. The minimum Gasteiger partial charge on any atom is -0.473 e. The van der Waals surface area contributed by atoms with E-state index >= 15 is 0 Å². The van der Waals surface area contributed by atoms with E-state index in [4.69, 9.17) is 9.15 Å². The van der Waals surface area contributed by atoms with E-state index in [1.165, 1.54) is 0 Å². The number of aryl methyl sites for hydroxylation is 2. The molecule has 5 rings (SSSR count). The van der Waals surface area contributed by atoms with Gasteiger partial charge in [-0.1, -0.05) is 0 Å². The zero-order valence-electron chi connectivity index (χ0n) is 14.7. The van der Waals surface area contributed by atoms with E-state index in [1.54, 1.807) is 6.20 Å². The molecule has 0 saturated carbocycles. The first-order valence-electron chi connectivity index (χ1n) is 9.11. The van der Waals surface area contributed by atoms with Gasteiger partial charge in [-0.2, -0.15) is 0 Å². The maximum absolute atomic E-state index is 12.5. The van der Waals surface area contributed by atoms with Crippen LogP contribution in [0.1, 0.15) is 35.1 Å². The van der Waals surface area contributed by atoms with Gasteiger partial charge in [0.15, 0.2) is 6.73 Å². The summed E-state index contributed by atoms with van der Waals surface area (Å²) in [5.41, 5.74) is 4.59. The van der Waals surface area contributed by atoms with E-state index in [-0.39, 0.29) is 5.63 Å². The van der Waals surface area contributed by atoms with Gasteiger partial charge in [-0.3, -0.25) is 0 Å². The fraction of sp³-hybridized carbons (Fsp3) is 0.333. The van der Waals surface area contributed by atoms with Crippen LogP contribution in [0.15, 0.2) is 39.7 Å². The van der Waals surface area contributed by atoms with Crippen LogP contribution in [0.2, 0.25) is 0 Å². The van der Waals surface area contributed by atoms with Gasteiger partial charge in [0.05, 0.1) is 12.1 Å². The lowest BCUT2D eigenvalue weighted by atomic mass is 9.90. The fourth-order valence-corrected chi connectivity index (χ4v) is 4.06. The van der Waals surface area contributed by atoms with Crippen LogP contribution in [-0.2, 0) is 19.4 Å². The molecule has 2 aliphatic rings. The molecule has 3 heterocycles. The second-order valence-corrected chi connectivity index (χ2v) is 7.14. The third-order valence-electron chi connectivity index (χ3n) is 5.40. The van der Waals surface area contributed by atoms with Gasteiger partial charge in [0.1, 0.15) is 17.2 Å². The first kappa shape index (κ1) is 15.4. The van der Waals surface area contributed by atoms with Crippen LogP contribution in [-0.4, -0.2) is 11.7 Å². The van der Waals surface area contributed by atoms with E-state index in [0.717, 1.165) is 64.9 Å². The Morgan fingerprint density at radius 2 is 1.92 bits per heavy atom. The molecular formula is C21H20N2O3. The van der Waals surface area contributed by atoms with Gasteiger partial charge in [-0.15, -0.1) is 0 Å². The number of benzene rings is 1. The van der Waals surface area contributed by atoms with Gasteiger partial charge in [-0.25, -0.2) is 9.78 Å². The zero-order chi connectivity index (χ0) is 17.7. The van der Waals surface area contributed by atoms with Crippen LogP contribution in [0.4, 0.5) is 5.82 Å². The molecule has 0 spiro atoms. The molecule has 5 nitrogen and oxygen atoms in total. The maximum atomic E-state index is 12.5. The van der Waals surface area contributed by atoms with Crippen molar-refractivity contribution in [2.75, 3.05) is 11.6 Å². The van der Waals surface area contributed by atoms with Crippen molar-refractivity contribution in [3.05, 3.63) is 63.1 Å². The number of anilines is 1. The highest BCUT2D eigenvalue weighted by Crippen LogP contribution is 2.36. The molecule has 2 aromatic heterocycles. The molecule has 0 fully saturated rings. The molecule has 0 N–H and O–H groups in total. The lowest BCUT2D eigenvalue weighted by Gasteiger charge is -2.30. The minimum atomic E-state index is -0.189. The summed E-state index contributed by atoms with van der Waals surface area (Å²) in [7, 11) is 0. The van der Waals surface area contributed by atoms with Crippen LogP contribution in [0.5, 0.6) is 5.75 Å². The maximum Gasteiger partial charge on any atom is 0.339 e. The normalized spacial score (nSPS) is 16.1. The van der Waals surface area contributed by atoms with E-state index in [0.29, 0.717) is 18.9 Å². The summed E-state index contributed by atoms with van der Waals surface area (Å²) in [6.07, 6.45) is 5.75. The molecule has 0 radical (unpaired) electrons. The lowest BCUT2D eigenvalue weighted by Crippen LogP contribution is -2.32. The van der Waals surface area contributed by atoms with Gasteiger partial charge in [0, 0.05) is 17.1 Å². The van der Waals surface area contributed by atoms with E-state index in [9.17, 15) is 4.79 Å². The number of hydrogen-bond donors (Lipinski definition) is 0. The van der Waals surface area contributed by atoms with Crippen molar-refractivity contribution in [2.24, 2.45) is 0 Å². The van der Waals surface area contributed by atoms with Crippen molar-refractivity contribution >= 4 is 16.8 Å². The van der Waals surface area contributed by atoms with Crippen molar-refractivity contribution in [3.8, 4) is 5.75 Å². The monoisotopic (exact) mass is 348 g/mol. The summed E-state index contributed by atoms with van der Waals surface area (Å²) in [6, 6.07) is 8.07. The Hall–Kier alpha value is -2.82. The highest BCUT2D eigenvalue weighted by Gasteiger charge is 2.25. The van der Waals surface area contributed by atoms with Crippen molar-refractivity contribution in [1.29, 1.82) is 0 Å². The first-order chi connectivity index (χ1) is 12.7. The Kier molecular flexibility index (Phi) is 3.48. The highest BCUT2D eigenvalue weighted by atomic mass is 16.5. The standard InChI is InChI=1S/C21H20N2O3/c1-13-8-9-22-19(10-13)23-11-17-18(25-12-23)7-6-15-14-4-2-3-5-16(14)21(24)26-20(15)17/h6-10H,2-5,11-12H2,1H3. The SMILES string of the molecule is Cc1ccnc(N2COc3ccc4c5c(c(=O)oc4c3C2)CCCC5)c1. The van der Waals surface area contributed by atoms with Crippen LogP contribution in [0, 0.1) is 6.92 Å². The lowest BCUT2D eigenvalue weighted by molar-refractivity contribution is 0.288. The van der Waals surface area contributed by atoms with Crippen molar-refractivity contribution in [3.63, 3.8) is 0 Å². The van der Waals surface area contributed by atoms with Crippen molar-refractivity contribution in [2.45, 2.75) is 39.2 Å². The van der Waals surface area contributed by atoms with Gasteiger partial charge in [0.2, 0.25) is 0 Å². The Morgan fingerprint density at radius 3 is 2.77 bits per heavy atom. The van der Waals surface area contributed by atoms with E-state index < -0.39 is 0 Å². The number of fused-ring (bicyclic) bond motifs is 5. The quantitative estimate of drug-likeness (QED) is 0.627. The number of hydrogen-bond acceptors (Lipinski definition) is 5. The van der Waals surface area contributed by atoms with Crippen LogP contribution in [0.25, 0.3) is 11.0 Å². The number of rotatable bonds is 1. The molecule has 0 unspecified atom stereocenters. The van der Waals surface area contributed by atoms with Crippen LogP contribution in [0.3, 0.4) is 0 Å². The second-order valence-electron chi connectivity index (χ2n) is 7.14. The summed E-state index contributed by atoms with van der Waals surface area (Å²) in [5, 5.41) is 1.06. The van der Waals surface area contributed by atoms with Gasteiger partial charge < -0.3 is 14.1 Å². The summed E-state index contributed by atoms with van der Waals surface area (Å²) < 4.78 is 11.7. The Balaban J connectivity index is 1.65. The van der Waals surface area contributed by atoms with Crippen molar-refractivity contribution in [1.82, 2.24) is 4.98 Å². The number of aromatic nitrogens is 1. The first-order valence-corrected chi connectivity index (χ1v) is 9.11. The van der Waals surface area contributed by atoms with Gasteiger partial charge >= 0.3 is 5.63 Å². The Morgan fingerprint density at radius 1 is 1.08 bits per heavy atom. The fourth-order valence-electron chi connectivity index (χ4n) is 4.06. The third kappa shape index (κ3) is 2.38. The predicted molar refractivity (Wildman–Crippen MR) is 99.8 cm³/mol. The Labute approximate surface area is 151 Å². The minimum absolute atomic E-state index is 0.189. The summed E-state index contributed by atoms with van der Waals surface area (Å²) in [6.45, 7) is 3.10. The molecule has 1 aliphatic heterocycles. The number of ether oxygens (including phenoxy) is 1. The van der Waals surface area contributed by atoms with Gasteiger partial charge in [-0.05, 0) is 68.0 Å². The second kappa shape index (κ2) is 5.87. The molecule has 132 valence electrons. The zero-order valence-corrected chi connectivity index (χ0v) is 14.7. The smallest absolute Gasteiger partial charge is 0.339 e. The number of nitrogens with zero attached hydrogens (tertiary/aromatic N) is 2. The molecule has 0 bridgehead atoms. The molecule has 3 aromatic rings. The molecule has 1 aromatic carbocycles. The summed E-state index contributed by atoms with van der Waals surface area (Å²) >= 11 is 0. The molecule has 0 amide bonds. The predicted octanol–water partition coefficient (Wildman–Crippen LogP) is 3.73. The van der Waals surface area contributed by atoms with E-state index in [1.807, 2.05) is 31.2 Å². The van der Waals surface area contributed by atoms with Crippen molar-refractivity contribution < 1.29 is 9.15 Å². The molecular weight excluding hydrogens is 328 g/mol. The van der Waals surface area contributed by atoms with Crippen LogP contribution >= 0.6 is 0 Å². The van der Waals surface area contributed by atoms with Crippen LogP contribution < -0.4 is 15.3 Å². The molecule has 0 saturated heterocycles. The highest BCUT2D eigenvalue weighted by molar-refractivity contribution is 5.86. The number of pyridine rings is 1. The Bertz CT molecular complexity index is 1070. The third-order valence-corrected chi connectivity index (χ3v) is 5.40. The van der Waals surface area contributed by atoms with E-state index in [2.05, 4.69) is 9.88 Å². The molecule has 0 atom stereocenters. The summed E-state index contributed by atoms with van der Waals surface area (Å²) in [4.78, 5) is 19.0. The summed E-state index contributed by atoms with van der Waals surface area (Å²) in [5.74, 6) is 1.66. The molecule has 5 heteroatoms. The van der Waals surface area contributed by atoms with Gasteiger partial charge in [0.25, 0.3) is 0 Å². The topological polar surface area (TPSA) is 55.6 Å². The molecule has 1 aliphatic carbocycles. The average molecular weight is 348 g/mol.